The number of pyridine rings is 2. The van der Waals surface area contributed by atoms with Crippen LogP contribution in [-0.2, 0) is 16.0 Å². The first-order valence-electron chi connectivity index (χ1n) is 12.0. The third kappa shape index (κ3) is 6.52. The molecule has 2 aromatic heterocycles. The minimum absolute atomic E-state index is 0.0583. The second kappa shape index (κ2) is 10.5. The molecule has 2 fully saturated rings. The first kappa shape index (κ1) is 24.1. The molecule has 0 unspecified atom stereocenters. The van der Waals surface area contributed by atoms with Crippen LogP contribution in [0.3, 0.4) is 0 Å². The molecule has 2 saturated heterocycles. The topological polar surface area (TPSA) is 76.1 Å². The summed E-state index contributed by atoms with van der Waals surface area (Å²) in [5.41, 5.74) is 2.26. The Morgan fingerprint density at radius 2 is 2.15 bits per heavy atom. The van der Waals surface area contributed by atoms with E-state index < -0.39 is 0 Å². The van der Waals surface area contributed by atoms with Gasteiger partial charge in [0.05, 0.1) is 16.3 Å². The van der Waals surface area contributed by atoms with Crippen LogP contribution in [0.5, 0.6) is 0 Å². The molecule has 2 N–H and O–H groups in total. The molecule has 2 aromatic rings. The lowest BCUT2D eigenvalue weighted by Crippen LogP contribution is -2.40. The lowest BCUT2D eigenvalue weighted by Gasteiger charge is -2.35. The van der Waals surface area contributed by atoms with Gasteiger partial charge in [-0.3, -0.25) is 9.78 Å². The van der Waals surface area contributed by atoms with Crippen LogP contribution >= 0.6 is 11.6 Å². The number of hydrogen-bond donors (Lipinski definition) is 2. The summed E-state index contributed by atoms with van der Waals surface area (Å²) in [6.07, 6.45) is 6.01. The average molecular weight is 471 g/mol. The van der Waals surface area contributed by atoms with E-state index >= 15 is 0 Å². The van der Waals surface area contributed by atoms with Crippen LogP contribution < -0.4 is 10.6 Å². The van der Waals surface area contributed by atoms with E-state index in [2.05, 4.69) is 36.4 Å². The van der Waals surface area contributed by atoms with Crippen molar-refractivity contribution in [1.29, 1.82) is 0 Å². The predicted octanol–water partition coefficient (Wildman–Crippen LogP) is 4.91. The standard InChI is InChI=1S/C26H35ClN4O2/c1-17-7-8-19(15-28-17)24(32)12-20-11-21(22(27)16-29-20)23-5-4-6-25(31-23)30-14-18-9-10-33-26(2,3)13-18/h4-6,11,16-19,28H,7-10,12-15H2,1-3H3,(H,30,31)/t17-,18-,19-/m0/s1. The van der Waals surface area contributed by atoms with Gasteiger partial charge in [-0.05, 0) is 70.6 Å². The normalized spacial score (nSPS) is 24.9. The molecule has 3 atom stereocenters. The number of anilines is 1. The van der Waals surface area contributed by atoms with Crippen molar-refractivity contribution in [3.05, 3.63) is 41.2 Å². The first-order chi connectivity index (χ1) is 15.8. The minimum Gasteiger partial charge on any atom is -0.376 e. The highest BCUT2D eigenvalue weighted by atomic mass is 35.5. The second-order valence-electron chi connectivity index (χ2n) is 10.1. The number of halogens is 1. The van der Waals surface area contributed by atoms with Gasteiger partial charge >= 0.3 is 0 Å². The Kier molecular flexibility index (Phi) is 7.67. The van der Waals surface area contributed by atoms with Gasteiger partial charge in [0.1, 0.15) is 11.6 Å². The molecule has 2 aliphatic rings. The minimum atomic E-state index is -0.0653. The number of carbonyl (C=O) groups excluding carboxylic acids is 1. The molecule has 0 bridgehead atoms. The molecule has 0 amide bonds. The Morgan fingerprint density at radius 1 is 1.30 bits per heavy atom. The average Bonchev–Trinajstić information content (AvgIpc) is 2.79. The summed E-state index contributed by atoms with van der Waals surface area (Å²) in [6, 6.07) is 8.30. The summed E-state index contributed by atoms with van der Waals surface area (Å²) < 4.78 is 5.83. The Bertz CT molecular complexity index is 973. The van der Waals surface area contributed by atoms with Gasteiger partial charge in [0, 0.05) is 55.5 Å². The molecule has 0 saturated carbocycles. The fourth-order valence-electron chi connectivity index (χ4n) is 4.84. The van der Waals surface area contributed by atoms with Crippen LogP contribution in [0.4, 0.5) is 5.82 Å². The third-order valence-electron chi connectivity index (χ3n) is 6.78. The van der Waals surface area contributed by atoms with Gasteiger partial charge in [-0.1, -0.05) is 17.7 Å². The lowest BCUT2D eigenvalue weighted by molar-refractivity contribution is -0.122. The number of carbonyl (C=O) groups is 1. The molecule has 4 heterocycles. The van der Waals surface area contributed by atoms with E-state index in [4.69, 9.17) is 21.3 Å². The molecule has 2 aliphatic heterocycles. The van der Waals surface area contributed by atoms with Crippen LogP contribution in [0.1, 0.15) is 52.1 Å². The van der Waals surface area contributed by atoms with Gasteiger partial charge in [0.2, 0.25) is 0 Å². The zero-order chi connectivity index (χ0) is 23.4. The largest absolute Gasteiger partial charge is 0.376 e. The van der Waals surface area contributed by atoms with Crippen LogP contribution in [-0.4, -0.2) is 47.1 Å². The SMILES string of the molecule is C[C@H]1CC[C@H](C(=O)Cc2cc(-c3cccc(NC[C@H]4CCOC(C)(C)C4)n3)c(Cl)cn2)CN1. The van der Waals surface area contributed by atoms with E-state index in [1.807, 2.05) is 24.3 Å². The maximum absolute atomic E-state index is 12.8. The van der Waals surface area contributed by atoms with Crippen LogP contribution in [0.2, 0.25) is 5.02 Å². The van der Waals surface area contributed by atoms with Crippen molar-refractivity contribution in [3.63, 3.8) is 0 Å². The van der Waals surface area contributed by atoms with Crippen molar-refractivity contribution in [3.8, 4) is 11.3 Å². The van der Waals surface area contributed by atoms with Crippen molar-refractivity contribution >= 4 is 23.2 Å². The first-order valence-corrected chi connectivity index (χ1v) is 12.4. The van der Waals surface area contributed by atoms with Crippen molar-refractivity contribution in [1.82, 2.24) is 15.3 Å². The number of hydrogen-bond acceptors (Lipinski definition) is 6. The summed E-state index contributed by atoms with van der Waals surface area (Å²) >= 11 is 6.48. The molecule has 33 heavy (non-hydrogen) atoms. The molecule has 0 aliphatic carbocycles. The zero-order valence-corrected chi connectivity index (χ0v) is 20.6. The summed E-state index contributed by atoms with van der Waals surface area (Å²) in [7, 11) is 0. The number of ketones is 1. The monoisotopic (exact) mass is 470 g/mol. The third-order valence-corrected chi connectivity index (χ3v) is 7.08. The van der Waals surface area contributed by atoms with E-state index in [9.17, 15) is 4.79 Å². The van der Waals surface area contributed by atoms with E-state index in [0.717, 1.165) is 68.1 Å². The van der Waals surface area contributed by atoms with Crippen molar-refractivity contribution in [2.75, 3.05) is 25.0 Å². The van der Waals surface area contributed by atoms with Crippen molar-refractivity contribution in [2.45, 2.75) is 64.5 Å². The maximum atomic E-state index is 12.8. The number of rotatable bonds is 7. The summed E-state index contributed by atoms with van der Waals surface area (Å²) in [6.45, 7) is 8.88. The lowest BCUT2D eigenvalue weighted by atomic mass is 9.88. The molecule has 0 aromatic carbocycles. The van der Waals surface area contributed by atoms with Crippen LogP contribution in [0, 0.1) is 11.8 Å². The van der Waals surface area contributed by atoms with E-state index in [1.54, 1.807) is 6.20 Å². The van der Waals surface area contributed by atoms with E-state index in [-0.39, 0.29) is 17.3 Å². The zero-order valence-electron chi connectivity index (χ0n) is 19.9. The van der Waals surface area contributed by atoms with Gasteiger partial charge in [-0.2, -0.15) is 0 Å². The van der Waals surface area contributed by atoms with Gasteiger partial charge in [0.25, 0.3) is 0 Å². The highest BCUT2D eigenvalue weighted by Gasteiger charge is 2.28. The molecule has 0 spiro atoms. The van der Waals surface area contributed by atoms with E-state index in [1.165, 1.54) is 0 Å². The molecule has 4 rings (SSSR count). The molecule has 0 radical (unpaired) electrons. The van der Waals surface area contributed by atoms with Gasteiger partial charge in [0.15, 0.2) is 0 Å². The Morgan fingerprint density at radius 3 is 2.91 bits per heavy atom. The number of nitrogens with one attached hydrogen (secondary N) is 2. The molecular formula is C26H35ClN4O2. The highest BCUT2D eigenvalue weighted by molar-refractivity contribution is 6.33. The van der Waals surface area contributed by atoms with Gasteiger partial charge < -0.3 is 15.4 Å². The molecule has 7 heteroatoms. The second-order valence-corrected chi connectivity index (χ2v) is 10.5. The van der Waals surface area contributed by atoms with Crippen LogP contribution in [0.15, 0.2) is 30.5 Å². The highest BCUT2D eigenvalue weighted by Crippen LogP contribution is 2.30. The molecule has 178 valence electrons. The fourth-order valence-corrected chi connectivity index (χ4v) is 5.04. The quantitative estimate of drug-likeness (QED) is 0.598. The van der Waals surface area contributed by atoms with Gasteiger partial charge in [-0.15, -0.1) is 0 Å². The fraction of sp³-hybridized carbons (Fsp3) is 0.577. The smallest absolute Gasteiger partial charge is 0.143 e. The number of ether oxygens (including phenoxy) is 1. The summed E-state index contributed by atoms with van der Waals surface area (Å²) in [5.74, 6) is 1.67. The number of aromatic nitrogens is 2. The van der Waals surface area contributed by atoms with E-state index in [0.29, 0.717) is 23.4 Å². The van der Waals surface area contributed by atoms with Crippen molar-refractivity contribution < 1.29 is 9.53 Å². The molecule has 6 nitrogen and oxygen atoms in total. The summed E-state index contributed by atoms with van der Waals surface area (Å²) in [5, 5.41) is 7.43. The Labute approximate surface area is 201 Å². The summed E-state index contributed by atoms with van der Waals surface area (Å²) in [4.78, 5) is 22.0. The van der Waals surface area contributed by atoms with Crippen molar-refractivity contribution in [2.24, 2.45) is 11.8 Å². The molecular weight excluding hydrogens is 436 g/mol. The number of piperidine rings is 1. The maximum Gasteiger partial charge on any atom is 0.143 e. The number of Topliss-reactive ketones (excluding diaryl/α,β-unsaturated/α-hetero) is 1. The number of nitrogens with zero attached hydrogens (tertiary/aromatic N) is 2. The Balaban J connectivity index is 1.42. The Hall–Kier alpha value is -2.02. The van der Waals surface area contributed by atoms with Gasteiger partial charge in [-0.25, -0.2) is 4.98 Å². The predicted molar refractivity (Wildman–Crippen MR) is 133 cm³/mol. The van der Waals surface area contributed by atoms with Crippen LogP contribution in [0.25, 0.3) is 11.3 Å².